The summed E-state index contributed by atoms with van der Waals surface area (Å²) in [6.07, 6.45) is 4.74. The number of ether oxygens (including phenoxy) is 1. The molecular weight excluding hydrogens is 234 g/mol. The number of rotatable bonds is 6. The van der Waals surface area contributed by atoms with Gasteiger partial charge < -0.3 is 10.1 Å². The van der Waals surface area contributed by atoms with Crippen LogP contribution in [0.5, 0.6) is 0 Å². The molecule has 0 unspecified atom stereocenters. The smallest absolute Gasteiger partial charge is 0.0471 e. The summed E-state index contributed by atoms with van der Waals surface area (Å²) in [5.41, 5.74) is 3.22. The van der Waals surface area contributed by atoms with Gasteiger partial charge in [-0.3, -0.25) is 0 Å². The van der Waals surface area contributed by atoms with E-state index in [1.165, 1.54) is 36.8 Å². The van der Waals surface area contributed by atoms with Crippen LogP contribution in [0.1, 0.15) is 37.3 Å². The Labute approximate surface area is 117 Å². The first-order valence-electron chi connectivity index (χ1n) is 7.58. The molecule has 1 N–H and O–H groups in total. The minimum atomic E-state index is 0.390. The Hall–Kier alpha value is -0.860. The van der Waals surface area contributed by atoms with E-state index < -0.39 is 0 Å². The molecule has 1 aromatic carbocycles. The second-order valence-electron chi connectivity index (χ2n) is 5.95. The Kier molecular flexibility index (Phi) is 5.41. The Morgan fingerprint density at radius 2 is 2.05 bits per heavy atom. The third-order valence-corrected chi connectivity index (χ3v) is 4.14. The molecule has 0 radical (unpaired) electrons. The predicted molar refractivity (Wildman–Crippen MR) is 80.5 cm³/mol. The van der Waals surface area contributed by atoms with Crippen molar-refractivity contribution in [1.29, 1.82) is 0 Å². The quantitative estimate of drug-likeness (QED) is 0.793. The molecule has 2 rings (SSSR count). The van der Waals surface area contributed by atoms with Crippen LogP contribution < -0.4 is 5.32 Å². The van der Waals surface area contributed by atoms with Gasteiger partial charge in [0.05, 0.1) is 0 Å². The lowest BCUT2D eigenvalue weighted by Gasteiger charge is -2.38. The fraction of sp³-hybridized carbons (Fsp3) is 0.647. The maximum Gasteiger partial charge on any atom is 0.0471 e. The molecular formula is C17H27NO. The molecule has 0 saturated carbocycles. The number of aryl methyl sites for hydroxylation is 1. The lowest BCUT2D eigenvalue weighted by Crippen LogP contribution is -2.41. The molecule has 1 fully saturated rings. The van der Waals surface area contributed by atoms with E-state index in [1.807, 2.05) is 0 Å². The van der Waals surface area contributed by atoms with Crippen molar-refractivity contribution < 1.29 is 4.74 Å². The average Bonchev–Trinajstić information content (AvgIpc) is 2.40. The first-order valence-corrected chi connectivity index (χ1v) is 7.58. The van der Waals surface area contributed by atoms with Gasteiger partial charge in [0.1, 0.15) is 0 Å². The molecule has 1 aliphatic rings. The monoisotopic (exact) mass is 261 g/mol. The van der Waals surface area contributed by atoms with E-state index in [4.69, 9.17) is 4.74 Å². The van der Waals surface area contributed by atoms with Crippen LogP contribution >= 0.6 is 0 Å². The van der Waals surface area contributed by atoms with E-state index in [1.54, 1.807) is 0 Å². The van der Waals surface area contributed by atoms with Gasteiger partial charge in [0.25, 0.3) is 0 Å². The van der Waals surface area contributed by atoms with E-state index >= 15 is 0 Å². The van der Waals surface area contributed by atoms with Gasteiger partial charge in [-0.25, -0.2) is 0 Å². The van der Waals surface area contributed by atoms with Crippen LogP contribution in [-0.4, -0.2) is 26.3 Å². The minimum Gasteiger partial charge on any atom is -0.381 e. The molecule has 1 aliphatic heterocycles. The third kappa shape index (κ3) is 4.32. The van der Waals surface area contributed by atoms with E-state index in [0.29, 0.717) is 5.41 Å². The van der Waals surface area contributed by atoms with Crippen LogP contribution in [-0.2, 0) is 11.2 Å². The second kappa shape index (κ2) is 7.06. The van der Waals surface area contributed by atoms with E-state index in [0.717, 1.165) is 26.3 Å². The maximum atomic E-state index is 5.56. The van der Waals surface area contributed by atoms with Gasteiger partial charge in [-0.15, -0.1) is 0 Å². The van der Waals surface area contributed by atoms with Crippen molar-refractivity contribution in [1.82, 2.24) is 5.32 Å². The molecule has 1 aromatic rings. The van der Waals surface area contributed by atoms with Gasteiger partial charge in [-0.2, -0.15) is 0 Å². The van der Waals surface area contributed by atoms with E-state index in [2.05, 4.69) is 43.4 Å². The SMILES string of the molecule is CCCNCC1(Cc2cccc(C)c2)CCOCC1. The highest BCUT2D eigenvalue weighted by atomic mass is 16.5. The summed E-state index contributed by atoms with van der Waals surface area (Å²) in [4.78, 5) is 0. The third-order valence-electron chi connectivity index (χ3n) is 4.14. The van der Waals surface area contributed by atoms with Gasteiger partial charge in [0, 0.05) is 19.8 Å². The number of hydrogen-bond donors (Lipinski definition) is 1. The van der Waals surface area contributed by atoms with Crippen LogP contribution in [0, 0.1) is 12.3 Å². The van der Waals surface area contributed by atoms with Crippen molar-refractivity contribution in [2.24, 2.45) is 5.41 Å². The predicted octanol–water partition coefficient (Wildman–Crippen LogP) is 3.33. The van der Waals surface area contributed by atoms with Gasteiger partial charge >= 0.3 is 0 Å². The van der Waals surface area contributed by atoms with Gasteiger partial charge in [0.15, 0.2) is 0 Å². The first kappa shape index (κ1) is 14.5. The Morgan fingerprint density at radius 3 is 2.74 bits per heavy atom. The van der Waals surface area contributed by atoms with Crippen LogP contribution in [0.3, 0.4) is 0 Å². The zero-order chi connectivity index (χ0) is 13.6. The molecule has 2 nitrogen and oxygen atoms in total. The zero-order valence-corrected chi connectivity index (χ0v) is 12.4. The standard InChI is InChI=1S/C17H27NO/c1-3-9-18-14-17(7-10-19-11-8-17)13-16-6-4-5-15(2)12-16/h4-6,12,18H,3,7-11,13-14H2,1-2H3. The van der Waals surface area contributed by atoms with Crippen molar-refractivity contribution in [2.75, 3.05) is 26.3 Å². The fourth-order valence-corrected chi connectivity index (χ4v) is 3.01. The summed E-state index contributed by atoms with van der Waals surface area (Å²) in [6.45, 7) is 8.48. The molecule has 0 spiro atoms. The Balaban J connectivity index is 2.04. The highest BCUT2D eigenvalue weighted by molar-refractivity contribution is 5.23. The van der Waals surface area contributed by atoms with Crippen LogP contribution in [0.25, 0.3) is 0 Å². The molecule has 0 aliphatic carbocycles. The lowest BCUT2D eigenvalue weighted by molar-refractivity contribution is 0.0150. The number of hydrogen-bond acceptors (Lipinski definition) is 2. The summed E-state index contributed by atoms with van der Waals surface area (Å²) in [5.74, 6) is 0. The molecule has 0 atom stereocenters. The molecule has 2 heteroatoms. The van der Waals surface area contributed by atoms with Crippen molar-refractivity contribution in [2.45, 2.75) is 39.5 Å². The molecule has 19 heavy (non-hydrogen) atoms. The topological polar surface area (TPSA) is 21.3 Å². The van der Waals surface area contributed by atoms with E-state index in [-0.39, 0.29) is 0 Å². The first-order chi connectivity index (χ1) is 9.24. The summed E-state index contributed by atoms with van der Waals surface area (Å²) in [5, 5.41) is 3.62. The van der Waals surface area contributed by atoms with Crippen molar-refractivity contribution in [3.05, 3.63) is 35.4 Å². The molecule has 0 bridgehead atoms. The molecule has 1 saturated heterocycles. The lowest BCUT2D eigenvalue weighted by atomic mass is 9.75. The van der Waals surface area contributed by atoms with Crippen LogP contribution in [0.4, 0.5) is 0 Å². The Morgan fingerprint density at radius 1 is 1.26 bits per heavy atom. The molecule has 0 aromatic heterocycles. The van der Waals surface area contributed by atoms with Crippen LogP contribution in [0.2, 0.25) is 0 Å². The summed E-state index contributed by atoms with van der Waals surface area (Å²) in [6, 6.07) is 8.95. The number of benzene rings is 1. The highest BCUT2D eigenvalue weighted by Crippen LogP contribution is 2.34. The summed E-state index contributed by atoms with van der Waals surface area (Å²) >= 11 is 0. The summed E-state index contributed by atoms with van der Waals surface area (Å²) in [7, 11) is 0. The van der Waals surface area contributed by atoms with E-state index in [9.17, 15) is 0 Å². The normalized spacial score (nSPS) is 18.4. The molecule has 1 heterocycles. The number of nitrogens with one attached hydrogen (secondary N) is 1. The van der Waals surface area contributed by atoms with Gasteiger partial charge in [-0.1, -0.05) is 36.8 Å². The zero-order valence-electron chi connectivity index (χ0n) is 12.4. The van der Waals surface area contributed by atoms with Crippen molar-refractivity contribution >= 4 is 0 Å². The second-order valence-corrected chi connectivity index (χ2v) is 5.95. The van der Waals surface area contributed by atoms with Crippen LogP contribution in [0.15, 0.2) is 24.3 Å². The highest BCUT2D eigenvalue weighted by Gasteiger charge is 2.32. The average molecular weight is 261 g/mol. The fourth-order valence-electron chi connectivity index (χ4n) is 3.01. The van der Waals surface area contributed by atoms with Gasteiger partial charge in [0.2, 0.25) is 0 Å². The maximum absolute atomic E-state index is 5.56. The van der Waals surface area contributed by atoms with Crippen molar-refractivity contribution in [3.63, 3.8) is 0 Å². The summed E-state index contributed by atoms with van der Waals surface area (Å²) < 4.78 is 5.56. The largest absolute Gasteiger partial charge is 0.381 e. The Bertz CT molecular complexity index is 383. The molecule has 0 amide bonds. The minimum absolute atomic E-state index is 0.390. The van der Waals surface area contributed by atoms with Crippen molar-refractivity contribution in [3.8, 4) is 0 Å². The molecule has 106 valence electrons. The van der Waals surface area contributed by atoms with Gasteiger partial charge in [-0.05, 0) is 50.1 Å².